The van der Waals surface area contributed by atoms with E-state index in [1.807, 2.05) is 12.3 Å². The first kappa shape index (κ1) is 14.2. The van der Waals surface area contributed by atoms with Crippen LogP contribution in [0.1, 0.15) is 5.56 Å². The minimum atomic E-state index is 0. The summed E-state index contributed by atoms with van der Waals surface area (Å²) in [4.78, 5) is 0. The van der Waals surface area contributed by atoms with E-state index in [4.69, 9.17) is 5.73 Å². The Kier molecular flexibility index (Phi) is 7.14. The molecule has 0 saturated heterocycles. The van der Waals surface area contributed by atoms with E-state index in [9.17, 15) is 5.11 Å². The van der Waals surface area contributed by atoms with E-state index >= 15 is 0 Å². The number of phenols is 1. The van der Waals surface area contributed by atoms with E-state index in [1.54, 1.807) is 24.4 Å². The highest BCUT2D eigenvalue weighted by atomic mass is 127. The van der Waals surface area contributed by atoms with Gasteiger partial charge in [-0.2, -0.15) is 0 Å². The molecule has 1 rings (SSSR count). The SMILES string of the molecule is CSC(N)=N[NH+]=Cc1ccccc1O.[I-]. The Balaban J connectivity index is 0.00000196. The lowest BCUT2D eigenvalue weighted by Gasteiger charge is -1.91. The summed E-state index contributed by atoms with van der Waals surface area (Å²) in [6, 6.07) is 6.96. The van der Waals surface area contributed by atoms with E-state index < -0.39 is 0 Å². The van der Waals surface area contributed by atoms with Crippen molar-refractivity contribution in [3.05, 3.63) is 29.8 Å². The molecule has 4 N–H and O–H groups in total. The molecule has 0 bridgehead atoms. The molecule has 0 radical (unpaired) electrons. The quantitative estimate of drug-likeness (QED) is 0.227. The van der Waals surface area contributed by atoms with Crippen molar-refractivity contribution in [1.29, 1.82) is 0 Å². The molecule has 0 unspecified atom stereocenters. The van der Waals surface area contributed by atoms with Crippen molar-refractivity contribution in [1.82, 2.24) is 0 Å². The Bertz CT molecular complexity index is 368. The fourth-order valence-corrected chi connectivity index (χ4v) is 0.965. The largest absolute Gasteiger partial charge is 1.00 e. The van der Waals surface area contributed by atoms with E-state index in [1.165, 1.54) is 11.8 Å². The van der Waals surface area contributed by atoms with Gasteiger partial charge in [0, 0.05) is 5.10 Å². The van der Waals surface area contributed by atoms with Crippen LogP contribution < -0.4 is 34.8 Å². The smallest absolute Gasteiger partial charge is 0.225 e. The first-order chi connectivity index (χ1) is 6.74. The number of thioether (sulfide) groups is 1. The van der Waals surface area contributed by atoms with Crippen molar-refractivity contribution >= 4 is 23.1 Å². The van der Waals surface area contributed by atoms with Crippen LogP contribution in [0.3, 0.4) is 0 Å². The molecule has 0 amide bonds. The number of nitrogens with one attached hydrogen (secondary N) is 1. The summed E-state index contributed by atoms with van der Waals surface area (Å²) in [6.45, 7) is 0. The highest BCUT2D eigenvalue weighted by molar-refractivity contribution is 8.13. The minimum absolute atomic E-state index is 0. The summed E-state index contributed by atoms with van der Waals surface area (Å²) in [5, 5.41) is 16.3. The Morgan fingerprint density at radius 3 is 2.80 bits per heavy atom. The van der Waals surface area contributed by atoms with Gasteiger partial charge in [-0.3, -0.25) is 0 Å². The number of hydrazone groups is 1. The van der Waals surface area contributed by atoms with Crippen LogP contribution in [0.25, 0.3) is 0 Å². The molecular weight excluding hydrogens is 325 g/mol. The van der Waals surface area contributed by atoms with Crippen molar-refractivity contribution in [2.24, 2.45) is 10.8 Å². The normalized spacial score (nSPS) is 11.4. The molecule has 0 heterocycles. The number of hydrogen-bond acceptors (Lipinski definition) is 3. The summed E-state index contributed by atoms with van der Waals surface area (Å²) in [5.74, 6) is 0.206. The molecule has 1 aromatic rings. The molecule has 4 nitrogen and oxygen atoms in total. The van der Waals surface area contributed by atoms with Gasteiger partial charge in [-0.25, -0.2) is 0 Å². The number of amidine groups is 1. The average molecular weight is 337 g/mol. The van der Waals surface area contributed by atoms with Gasteiger partial charge in [-0.15, -0.1) is 5.10 Å². The summed E-state index contributed by atoms with van der Waals surface area (Å²) in [6.07, 6.45) is 3.42. The first-order valence-electron chi connectivity index (χ1n) is 3.98. The molecule has 6 heteroatoms. The number of rotatable bonds is 2. The molecule has 0 spiro atoms. The molecule has 0 fully saturated rings. The Labute approximate surface area is 110 Å². The van der Waals surface area contributed by atoms with Gasteiger partial charge in [-0.05, 0) is 18.4 Å². The van der Waals surface area contributed by atoms with Gasteiger partial charge in [0.15, 0.2) is 0 Å². The van der Waals surface area contributed by atoms with Crippen LogP contribution in [0.5, 0.6) is 5.75 Å². The zero-order valence-electron chi connectivity index (χ0n) is 8.14. The van der Waals surface area contributed by atoms with Crippen molar-refractivity contribution in [3.8, 4) is 5.75 Å². The lowest BCUT2D eigenvalue weighted by Crippen LogP contribution is -3.00. The van der Waals surface area contributed by atoms with Crippen molar-refractivity contribution in [2.75, 3.05) is 6.26 Å². The predicted octanol–water partition coefficient (Wildman–Crippen LogP) is -3.51. The van der Waals surface area contributed by atoms with Crippen molar-refractivity contribution in [3.63, 3.8) is 0 Å². The van der Waals surface area contributed by atoms with Gasteiger partial charge < -0.3 is 34.8 Å². The van der Waals surface area contributed by atoms with Crippen LogP contribution in [0.4, 0.5) is 0 Å². The Morgan fingerprint density at radius 1 is 1.53 bits per heavy atom. The molecule has 0 saturated carbocycles. The minimum Gasteiger partial charge on any atom is -1.00 e. The molecule has 0 aliphatic rings. The third-order valence-corrected chi connectivity index (χ3v) is 2.05. The summed E-state index contributed by atoms with van der Waals surface area (Å²) < 4.78 is 0. The van der Waals surface area contributed by atoms with Crippen LogP contribution in [-0.4, -0.2) is 22.7 Å². The maximum absolute atomic E-state index is 9.38. The second kappa shape index (κ2) is 7.52. The highest BCUT2D eigenvalue weighted by Gasteiger charge is 1.97. The van der Waals surface area contributed by atoms with Crippen LogP contribution in [0.15, 0.2) is 29.4 Å². The summed E-state index contributed by atoms with van der Waals surface area (Å²) in [5.41, 5.74) is 6.11. The molecule has 15 heavy (non-hydrogen) atoms. The van der Waals surface area contributed by atoms with E-state index in [0.29, 0.717) is 10.7 Å². The molecule has 0 aromatic heterocycles. The maximum Gasteiger partial charge on any atom is 0.225 e. The first-order valence-corrected chi connectivity index (χ1v) is 5.20. The molecule has 82 valence electrons. The van der Waals surface area contributed by atoms with Crippen LogP contribution in [0, 0.1) is 0 Å². The number of nitrogens with two attached hydrogens (primary N) is 1. The van der Waals surface area contributed by atoms with Gasteiger partial charge in [0.2, 0.25) is 11.4 Å². The van der Waals surface area contributed by atoms with E-state index in [2.05, 4.69) is 10.2 Å². The number of para-hydroxylation sites is 1. The molecule has 1 aromatic carbocycles. The number of halogens is 1. The third-order valence-electron chi connectivity index (χ3n) is 1.54. The Morgan fingerprint density at radius 2 is 2.20 bits per heavy atom. The van der Waals surface area contributed by atoms with Crippen molar-refractivity contribution < 1.29 is 34.2 Å². The van der Waals surface area contributed by atoms with Gasteiger partial charge in [0.25, 0.3) is 0 Å². The van der Waals surface area contributed by atoms with E-state index in [-0.39, 0.29) is 29.7 Å². The molecular formula is C9H12IN3OS. The second-order valence-electron chi connectivity index (χ2n) is 2.49. The molecule has 0 atom stereocenters. The highest BCUT2D eigenvalue weighted by Crippen LogP contribution is 2.11. The molecule has 0 aliphatic heterocycles. The van der Waals surface area contributed by atoms with E-state index in [0.717, 1.165) is 0 Å². The number of benzene rings is 1. The zero-order valence-corrected chi connectivity index (χ0v) is 11.1. The standard InChI is InChI=1S/C9H11N3OS.HI/c1-14-9(10)12-11-6-7-4-2-3-5-8(7)13;/h2-6,13H,1H3,(H2,10,12);1H. The number of aromatic hydroxyl groups is 1. The van der Waals surface area contributed by atoms with Crippen LogP contribution in [0.2, 0.25) is 0 Å². The fourth-order valence-electron chi connectivity index (χ4n) is 0.821. The Hall–Kier alpha value is -0.760. The van der Waals surface area contributed by atoms with Crippen LogP contribution in [-0.2, 0) is 0 Å². The van der Waals surface area contributed by atoms with Gasteiger partial charge in [0.05, 0.1) is 5.56 Å². The van der Waals surface area contributed by atoms with Gasteiger partial charge >= 0.3 is 0 Å². The van der Waals surface area contributed by atoms with Gasteiger partial charge in [-0.1, -0.05) is 23.9 Å². The van der Waals surface area contributed by atoms with Crippen molar-refractivity contribution in [2.45, 2.75) is 0 Å². The maximum atomic E-state index is 9.38. The number of phenolic OH excluding ortho intramolecular Hbond substituents is 1. The van der Waals surface area contributed by atoms with Crippen LogP contribution >= 0.6 is 11.8 Å². The predicted molar refractivity (Wildman–Crippen MR) is 59.4 cm³/mol. The lowest BCUT2D eigenvalue weighted by molar-refractivity contribution is -0.456. The topological polar surface area (TPSA) is 72.6 Å². The summed E-state index contributed by atoms with van der Waals surface area (Å²) >= 11 is 1.35. The zero-order chi connectivity index (χ0) is 10.4. The second-order valence-corrected chi connectivity index (χ2v) is 3.31. The third kappa shape index (κ3) is 5.03. The average Bonchev–Trinajstić information content (AvgIpc) is 2.20. The lowest BCUT2D eigenvalue weighted by atomic mass is 10.2. The number of nitrogens with zero attached hydrogens (tertiary/aromatic N) is 1. The summed E-state index contributed by atoms with van der Waals surface area (Å²) in [7, 11) is 0. The molecule has 0 aliphatic carbocycles. The number of hydrogen-bond donors (Lipinski definition) is 3. The van der Waals surface area contributed by atoms with Gasteiger partial charge in [0.1, 0.15) is 5.75 Å². The monoisotopic (exact) mass is 337 g/mol. The fraction of sp³-hybridized carbons (Fsp3) is 0.111.